The van der Waals surface area contributed by atoms with Crippen LogP contribution in [0.25, 0.3) is 0 Å². The first-order valence-electron chi connectivity index (χ1n) is 4.23. The van der Waals surface area contributed by atoms with Crippen LogP contribution in [0.1, 0.15) is 24.0 Å². The Kier molecular flexibility index (Phi) is 3.45. The second-order valence-electron chi connectivity index (χ2n) is 3.30. The molecule has 1 atom stereocenters. The first kappa shape index (κ1) is 11.4. The molecule has 0 saturated heterocycles. The first-order valence-corrected chi connectivity index (χ1v) is 4.61. The fourth-order valence-corrected chi connectivity index (χ4v) is 1.54. The number of aliphatic hydroxyl groups excluding tert-OH is 1. The van der Waals surface area contributed by atoms with Gasteiger partial charge >= 0.3 is 0 Å². The maximum absolute atomic E-state index is 13.5. The van der Waals surface area contributed by atoms with Crippen molar-refractivity contribution >= 4 is 11.6 Å². The number of hydrogen-bond acceptors (Lipinski definition) is 1. The van der Waals surface area contributed by atoms with Gasteiger partial charge in [0.15, 0.2) is 0 Å². The lowest BCUT2D eigenvalue weighted by atomic mass is 9.98. The average Bonchev–Trinajstić information content (AvgIpc) is 2.15. The van der Waals surface area contributed by atoms with Gasteiger partial charge in [-0.05, 0) is 18.6 Å². The molecule has 4 heteroatoms. The highest BCUT2D eigenvalue weighted by atomic mass is 35.5. The molecule has 1 unspecified atom stereocenters. The molecule has 0 amide bonds. The minimum atomic E-state index is -0.781. The number of halogens is 3. The van der Waals surface area contributed by atoms with Gasteiger partial charge in [0.25, 0.3) is 0 Å². The molecular formula is C10H11ClF2O. The maximum Gasteiger partial charge on any atom is 0.148 e. The van der Waals surface area contributed by atoms with Crippen LogP contribution in [-0.4, -0.2) is 11.7 Å². The first-order chi connectivity index (χ1) is 6.49. The zero-order valence-electron chi connectivity index (χ0n) is 7.94. The zero-order chi connectivity index (χ0) is 10.9. The van der Waals surface area contributed by atoms with E-state index in [1.807, 2.05) is 0 Å². The van der Waals surface area contributed by atoms with Gasteiger partial charge in [0, 0.05) is 18.1 Å². The lowest BCUT2D eigenvalue weighted by Gasteiger charge is -2.13. The summed E-state index contributed by atoms with van der Waals surface area (Å²) in [5, 5.41) is 8.73. The maximum atomic E-state index is 13.5. The Morgan fingerprint density at radius 3 is 2.50 bits per heavy atom. The van der Waals surface area contributed by atoms with Crippen molar-refractivity contribution in [3.63, 3.8) is 0 Å². The molecule has 0 aliphatic rings. The van der Waals surface area contributed by atoms with Gasteiger partial charge in [-0.3, -0.25) is 0 Å². The number of hydrogen-bond donors (Lipinski definition) is 1. The predicted molar refractivity (Wildman–Crippen MR) is 51.6 cm³/mol. The largest absolute Gasteiger partial charge is 0.396 e. The lowest BCUT2D eigenvalue weighted by molar-refractivity contribution is 0.267. The Hall–Kier alpha value is -0.670. The molecule has 0 fully saturated rings. The topological polar surface area (TPSA) is 20.2 Å². The molecule has 1 rings (SSSR count). The molecule has 0 aliphatic heterocycles. The summed E-state index contributed by atoms with van der Waals surface area (Å²) in [5.41, 5.74) is 0.143. The summed E-state index contributed by atoms with van der Waals surface area (Å²) in [6, 6.07) is 1.24. The molecule has 0 radical (unpaired) electrons. The summed E-state index contributed by atoms with van der Waals surface area (Å²) >= 11 is 5.57. The normalized spacial score (nSPS) is 13.0. The van der Waals surface area contributed by atoms with E-state index in [0.717, 1.165) is 0 Å². The number of aryl methyl sites for hydroxylation is 1. The molecule has 78 valence electrons. The molecule has 0 aliphatic carbocycles. The quantitative estimate of drug-likeness (QED) is 0.760. The van der Waals surface area contributed by atoms with Gasteiger partial charge in [-0.2, -0.15) is 0 Å². The van der Waals surface area contributed by atoms with E-state index in [9.17, 15) is 8.78 Å². The minimum Gasteiger partial charge on any atom is -0.396 e. The molecule has 1 aromatic rings. The van der Waals surface area contributed by atoms with Crippen molar-refractivity contribution in [1.82, 2.24) is 0 Å². The van der Waals surface area contributed by atoms with E-state index in [1.165, 1.54) is 19.9 Å². The third-order valence-corrected chi connectivity index (χ3v) is 2.41. The van der Waals surface area contributed by atoms with Gasteiger partial charge < -0.3 is 5.11 Å². The third-order valence-electron chi connectivity index (χ3n) is 2.14. The van der Waals surface area contributed by atoms with Crippen LogP contribution in [0.5, 0.6) is 0 Å². The van der Waals surface area contributed by atoms with Crippen molar-refractivity contribution < 1.29 is 13.9 Å². The van der Waals surface area contributed by atoms with Crippen molar-refractivity contribution in [3.05, 3.63) is 33.9 Å². The van der Waals surface area contributed by atoms with Crippen molar-refractivity contribution in [2.24, 2.45) is 0 Å². The highest BCUT2D eigenvalue weighted by Crippen LogP contribution is 2.29. The Bertz CT molecular complexity index is 326. The SMILES string of the molecule is Cc1cc(Cl)c(F)c(C(C)CO)c1F. The summed E-state index contributed by atoms with van der Waals surface area (Å²) in [5.74, 6) is -2.00. The third kappa shape index (κ3) is 1.88. The van der Waals surface area contributed by atoms with Crippen LogP contribution in [0.4, 0.5) is 8.78 Å². The smallest absolute Gasteiger partial charge is 0.148 e. The molecule has 0 heterocycles. The molecule has 0 bridgehead atoms. The van der Waals surface area contributed by atoms with E-state index in [2.05, 4.69) is 0 Å². The van der Waals surface area contributed by atoms with E-state index >= 15 is 0 Å². The van der Waals surface area contributed by atoms with Gasteiger partial charge in [0.1, 0.15) is 11.6 Å². The zero-order valence-corrected chi connectivity index (χ0v) is 8.70. The van der Waals surface area contributed by atoms with Gasteiger partial charge in [-0.1, -0.05) is 18.5 Å². The van der Waals surface area contributed by atoms with E-state index in [-0.39, 0.29) is 22.8 Å². The molecule has 1 aromatic carbocycles. The lowest BCUT2D eigenvalue weighted by Crippen LogP contribution is -2.07. The van der Waals surface area contributed by atoms with Gasteiger partial charge in [0.05, 0.1) is 5.02 Å². The second-order valence-corrected chi connectivity index (χ2v) is 3.71. The van der Waals surface area contributed by atoms with Crippen molar-refractivity contribution in [3.8, 4) is 0 Å². The van der Waals surface area contributed by atoms with Crippen LogP contribution in [0.3, 0.4) is 0 Å². The van der Waals surface area contributed by atoms with E-state index in [0.29, 0.717) is 0 Å². The van der Waals surface area contributed by atoms with Crippen LogP contribution in [0, 0.1) is 18.6 Å². The number of aliphatic hydroxyl groups is 1. The van der Waals surface area contributed by atoms with Crippen LogP contribution in [-0.2, 0) is 0 Å². The highest BCUT2D eigenvalue weighted by molar-refractivity contribution is 6.30. The fraction of sp³-hybridized carbons (Fsp3) is 0.400. The second kappa shape index (κ2) is 4.24. The summed E-state index contributed by atoms with van der Waals surface area (Å²) in [6.07, 6.45) is 0. The highest BCUT2D eigenvalue weighted by Gasteiger charge is 2.20. The van der Waals surface area contributed by atoms with Crippen molar-refractivity contribution in [1.29, 1.82) is 0 Å². The number of benzene rings is 1. The Balaban J connectivity index is 3.39. The van der Waals surface area contributed by atoms with Crippen molar-refractivity contribution in [2.75, 3.05) is 6.61 Å². The number of rotatable bonds is 2. The molecule has 1 N–H and O–H groups in total. The fourth-order valence-electron chi connectivity index (χ4n) is 1.28. The molecule has 0 saturated carbocycles. The summed E-state index contributed by atoms with van der Waals surface area (Å²) < 4.78 is 26.9. The monoisotopic (exact) mass is 220 g/mol. The standard InChI is InChI=1S/C10H11ClF2O/c1-5-3-7(11)10(13)8(9(5)12)6(2)4-14/h3,6,14H,4H2,1-2H3. The summed E-state index contributed by atoms with van der Waals surface area (Å²) in [4.78, 5) is 0. The van der Waals surface area contributed by atoms with E-state index in [1.54, 1.807) is 0 Å². The Morgan fingerprint density at radius 2 is 2.00 bits per heavy atom. The Morgan fingerprint density at radius 1 is 1.43 bits per heavy atom. The van der Waals surface area contributed by atoms with Gasteiger partial charge in [0.2, 0.25) is 0 Å². The predicted octanol–water partition coefficient (Wildman–Crippen LogP) is 3.02. The van der Waals surface area contributed by atoms with Crippen LogP contribution in [0.15, 0.2) is 6.07 Å². The average molecular weight is 221 g/mol. The Labute approximate surface area is 86.3 Å². The molecular weight excluding hydrogens is 210 g/mol. The van der Waals surface area contributed by atoms with Gasteiger partial charge in [-0.25, -0.2) is 8.78 Å². The molecule has 0 aromatic heterocycles. The van der Waals surface area contributed by atoms with Crippen LogP contribution < -0.4 is 0 Å². The summed E-state index contributed by atoms with van der Waals surface area (Å²) in [6.45, 7) is 2.74. The van der Waals surface area contributed by atoms with Crippen LogP contribution >= 0.6 is 11.6 Å². The molecule has 0 spiro atoms. The van der Waals surface area contributed by atoms with Gasteiger partial charge in [-0.15, -0.1) is 0 Å². The molecule has 1 nitrogen and oxygen atoms in total. The van der Waals surface area contributed by atoms with Crippen LogP contribution in [0.2, 0.25) is 5.02 Å². The van der Waals surface area contributed by atoms with E-state index in [4.69, 9.17) is 16.7 Å². The minimum absolute atomic E-state index is 0.112. The van der Waals surface area contributed by atoms with Crippen molar-refractivity contribution in [2.45, 2.75) is 19.8 Å². The van der Waals surface area contributed by atoms with E-state index < -0.39 is 17.6 Å². The summed E-state index contributed by atoms with van der Waals surface area (Å²) in [7, 11) is 0. The molecule has 14 heavy (non-hydrogen) atoms.